The van der Waals surface area contributed by atoms with Crippen LogP contribution < -0.4 is 15.5 Å². The predicted octanol–water partition coefficient (Wildman–Crippen LogP) is 4.26. The van der Waals surface area contributed by atoms with E-state index in [1.54, 1.807) is 23.1 Å². The van der Waals surface area contributed by atoms with Crippen LogP contribution in [-0.2, 0) is 0 Å². The smallest absolute Gasteiger partial charge is 0.255 e. The molecule has 0 aliphatic carbocycles. The van der Waals surface area contributed by atoms with E-state index >= 15 is 0 Å². The van der Waals surface area contributed by atoms with Crippen molar-refractivity contribution in [1.82, 2.24) is 20.0 Å². The summed E-state index contributed by atoms with van der Waals surface area (Å²) in [5, 5.41) is 18.7. The van der Waals surface area contributed by atoms with E-state index in [0.29, 0.717) is 17.1 Å². The second-order valence-electron chi connectivity index (χ2n) is 7.65. The molecular weight excluding hydrogens is 402 g/mol. The van der Waals surface area contributed by atoms with E-state index in [0.717, 1.165) is 30.2 Å². The Morgan fingerprint density at radius 2 is 1.72 bits per heavy atom. The first kappa shape index (κ1) is 19.7. The molecule has 2 aromatic heterocycles. The van der Waals surface area contributed by atoms with Crippen molar-refractivity contribution in [2.45, 2.75) is 12.8 Å². The molecule has 0 unspecified atom stereocenters. The predicted molar refractivity (Wildman–Crippen MR) is 125 cm³/mol. The van der Waals surface area contributed by atoms with Gasteiger partial charge >= 0.3 is 0 Å². The molecule has 1 amide bonds. The summed E-state index contributed by atoms with van der Waals surface area (Å²) in [6.07, 6.45) is 7.78. The van der Waals surface area contributed by atoms with Crippen molar-refractivity contribution < 1.29 is 4.79 Å². The molecule has 0 spiro atoms. The molecular formula is C24H23N7O. The number of rotatable bonds is 6. The summed E-state index contributed by atoms with van der Waals surface area (Å²) in [6, 6.07) is 18.7. The number of hydrogen-bond acceptors (Lipinski definition) is 6. The lowest BCUT2D eigenvalue weighted by Crippen LogP contribution is -2.18. The van der Waals surface area contributed by atoms with E-state index in [4.69, 9.17) is 0 Å². The van der Waals surface area contributed by atoms with Crippen LogP contribution in [0.2, 0.25) is 0 Å². The molecule has 0 atom stereocenters. The van der Waals surface area contributed by atoms with Crippen molar-refractivity contribution in [3.8, 4) is 5.69 Å². The maximum Gasteiger partial charge on any atom is 0.255 e. The second-order valence-corrected chi connectivity index (χ2v) is 7.65. The summed E-state index contributed by atoms with van der Waals surface area (Å²) in [7, 11) is 0. The van der Waals surface area contributed by atoms with Crippen molar-refractivity contribution >= 4 is 28.8 Å². The number of benzene rings is 2. The number of hydrogen-bond donors (Lipinski definition) is 2. The minimum absolute atomic E-state index is 0.177. The molecule has 1 saturated heterocycles. The highest BCUT2D eigenvalue weighted by Gasteiger charge is 2.13. The van der Waals surface area contributed by atoms with E-state index in [2.05, 4.69) is 30.8 Å². The SMILES string of the molecule is O=C(Nc1ccc(Nc2cc(N3CCCC3)cnn2)cc1)c1cccc(-n2cccn2)c1. The van der Waals surface area contributed by atoms with Crippen LogP contribution in [0.25, 0.3) is 5.69 Å². The van der Waals surface area contributed by atoms with Gasteiger partial charge in [-0.05, 0) is 61.4 Å². The lowest BCUT2D eigenvalue weighted by Gasteiger charge is -2.17. The van der Waals surface area contributed by atoms with Gasteiger partial charge in [-0.25, -0.2) is 4.68 Å². The number of aromatic nitrogens is 4. The second kappa shape index (κ2) is 8.89. The van der Waals surface area contributed by atoms with Crippen LogP contribution in [0.3, 0.4) is 0 Å². The molecule has 2 N–H and O–H groups in total. The van der Waals surface area contributed by atoms with Crippen LogP contribution in [0.15, 0.2) is 79.3 Å². The average Bonchev–Trinajstić information content (AvgIpc) is 3.55. The molecule has 8 heteroatoms. The summed E-state index contributed by atoms with van der Waals surface area (Å²) >= 11 is 0. The topological polar surface area (TPSA) is 88.0 Å². The summed E-state index contributed by atoms with van der Waals surface area (Å²) in [6.45, 7) is 2.12. The number of carbonyl (C=O) groups is 1. The third-order valence-electron chi connectivity index (χ3n) is 5.40. The Bertz CT molecular complexity index is 1200. The van der Waals surface area contributed by atoms with E-state index in [1.165, 1.54) is 12.8 Å². The summed E-state index contributed by atoms with van der Waals surface area (Å²) in [5.41, 5.74) is 4.06. The summed E-state index contributed by atoms with van der Waals surface area (Å²) in [5.74, 6) is 0.519. The summed E-state index contributed by atoms with van der Waals surface area (Å²) in [4.78, 5) is 15.0. The van der Waals surface area contributed by atoms with Crippen molar-refractivity contribution in [1.29, 1.82) is 0 Å². The standard InChI is InChI=1S/C24H23N7O/c32-24(18-5-3-6-21(15-18)31-14-4-11-26-31)28-20-9-7-19(8-10-20)27-23-16-22(17-25-29-23)30-12-1-2-13-30/h3-11,14-17H,1-2,12-13H2,(H,27,29)(H,28,32). The van der Waals surface area contributed by atoms with Gasteiger partial charge in [-0.1, -0.05) is 6.07 Å². The molecule has 8 nitrogen and oxygen atoms in total. The van der Waals surface area contributed by atoms with Gasteiger partial charge in [0.1, 0.15) is 0 Å². The molecule has 2 aromatic carbocycles. The first-order chi connectivity index (χ1) is 15.7. The quantitative estimate of drug-likeness (QED) is 0.480. The number of nitrogens with zero attached hydrogens (tertiary/aromatic N) is 5. The number of carbonyl (C=O) groups excluding carboxylic acids is 1. The molecule has 3 heterocycles. The highest BCUT2D eigenvalue weighted by atomic mass is 16.1. The third kappa shape index (κ3) is 4.44. The number of anilines is 4. The normalized spacial score (nSPS) is 13.2. The van der Waals surface area contributed by atoms with Crippen LogP contribution >= 0.6 is 0 Å². The zero-order valence-corrected chi connectivity index (χ0v) is 17.5. The van der Waals surface area contributed by atoms with Gasteiger partial charge in [0.05, 0.1) is 17.6 Å². The van der Waals surface area contributed by atoms with Gasteiger partial charge in [-0.2, -0.15) is 10.2 Å². The van der Waals surface area contributed by atoms with Gasteiger partial charge in [0, 0.05) is 48.5 Å². The van der Waals surface area contributed by atoms with Crippen molar-refractivity contribution in [3.63, 3.8) is 0 Å². The van der Waals surface area contributed by atoms with Crippen LogP contribution in [-0.4, -0.2) is 39.0 Å². The van der Waals surface area contributed by atoms with E-state index in [9.17, 15) is 4.79 Å². The first-order valence-corrected chi connectivity index (χ1v) is 10.6. The number of amides is 1. The van der Waals surface area contributed by atoms with Crippen LogP contribution in [0.5, 0.6) is 0 Å². The molecule has 0 saturated carbocycles. The Morgan fingerprint density at radius 3 is 2.50 bits per heavy atom. The fourth-order valence-corrected chi connectivity index (χ4v) is 3.77. The Morgan fingerprint density at radius 1 is 0.906 bits per heavy atom. The molecule has 0 radical (unpaired) electrons. The molecule has 1 aliphatic rings. The Labute approximate surface area is 185 Å². The Hall–Kier alpha value is -4.20. The maximum atomic E-state index is 12.7. The van der Waals surface area contributed by atoms with E-state index in [1.807, 2.05) is 60.8 Å². The fourth-order valence-electron chi connectivity index (χ4n) is 3.77. The molecule has 1 aliphatic heterocycles. The molecule has 4 aromatic rings. The first-order valence-electron chi connectivity index (χ1n) is 10.6. The van der Waals surface area contributed by atoms with Crippen LogP contribution in [0.1, 0.15) is 23.2 Å². The maximum absolute atomic E-state index is 12.7. The lowest BCUT2D eigenvalue weighted by molar-refractivity contribution is 0.102. The number of nitrogens with one attached hydrogen (secondary N) is 2. The zero-order chi connectivity index (χ0) is 21.8. The van der Waals surface area contributed by atoms with Gasteiger partial charge in [0.2, 0.25) is 0 Å². The van der Waals surface area contributed by atoms with Gasteiger partial charge < -0.3 is 15.5 Å². The fraction of sp³-hybridized carbons (Fsp3) is 0.167. The molecule has 32 heavy (non-hydrogen) atoms. The minimum Gasteiger partial charge on any atom is -0.370 e. The monoisotopic (exact) mass is 425 g/mol. The minimum atomic E-state index is -0.177. The van der Waals surface area contributed by atoms with Gasteiger partial charge in [0.15, 0.2) is 5.82 Å². The third-order valence-corrected chi connectivity index (χ3v) is 5.40. The Balaban J connectivity index is 1.24. The Kier molecular flexibility index (Phi) is 5.48. The molecule has 160 valence electrons. The van der Waals surface area contributed by atoms with Gasteiger partial charge in [-0.3, -0.25) is 4.79 Å². The van der Waals surface area contributed by atoms with Gasteiger partial charge in [-0.15, -0.1) is 5.10 Å². The van der Waals surface area contributed by atoms with E-state index in [-0.39, 0.29) is 5.91 Å². The zero-order valence-electron chi connectivity index (χ0n) is 17.5. The van der Waals surface area contributed by atoms with E-state index < -0.39 is 0 Å². The molecule has 1 fully saturated rings. The van der Waals surface area contributed by atoms with Crippen LogP contribution in [0, 0.1) is 0 Å². The van der Waals surface area contributed by atoms with Crippen molar-refractivity contribution in [3.05, 3.63) is 84.8 Å². The van der Waals surface area contributed by atoms with Crippen LogP contribution in [0.4, 0.5) is 22.9 Å². The van der Waals surface area contributed by atoms with Gasteiger partial charge in [0.25, 0.3) is 5.91 Å². The van der Waals surface area contributed by atoms with Crippen molar-refractivity contribution in [2.75, 3.05) is 28.6 Å². The van der Waals surface area contributed by atoms with Crippen molar-refractivity contribution in [2.24, 2.45) is 0 Å². The molecule has 0 bridgehead atoms. The average molecular weight is 425 g/mol. The lowest BCUT2D eigenvalue weighted by atomic mass is 10.2. The highest BCUT2D eigenvalue weighted by molar-refractivity contribution is 6.04. The summed E-state index contributed by atoms with van der Waals surface area (Å²) < 4.78 is 1.72. The largest absolute Gasteiger partial charge is 0.370 e. The molecule has 5 rings (SSSR count). The highest BCUT2D eigenvalue weighted by Crippen LogP contribution is 2.23.